The second kappa shape index (κ2) is 6.68. The predicted molar refractivity (Wildman–Crippen MR) is 113 cm³/mol. The Hall–Kier alpha value is -2.69. The van der Waals surface area contributed by atoms with Crippen molar-refractivity contribution in [3.05, 3.63) is 47.3 Å². The van der Waals surface area contributed by atoms with Gasteiger partial charge >= 0.3 is 0 Å². The number of hydrogen-bond acceptors (Lipinski definition) is 3. The van der Waals surface area contributed by atoms with Gasteiger partial charge in [-0.15, -0.1) is 0 Å². The van der Waals surface area contributed by atoms with Gasteiger partial charge in [0.1, 0.15) is 0 Å². The number of anilines is 1. The van der Waals surface area contributed by atoms with Crippen molar-refractivity contribution in [3.8, 4) is 11.1 Å². The summed E-state index contributed by atoms with van der Waals surface area (Å²) < 4.78 is 23.2. The number of likely N-dealkylation sites (tertiary alicyclic amines) is 1. The Morgan fingerprint density at radius 3 is 2.86 bits per heavy atom. The first-order valence-corrected chi connectivity index (χ1v) is 10.4. The van der Waals surface area contributed by atoms with E-state index in [9.17, 15) is 9.59 Å². The molecule has 5 nitrogen and oxygen atoms in total. The number of aryl methyl sites for hydroxylation is 1. The predicted octanol–water partition coefficient (Wildman–Crippen LogP) is 3.38. The van der Waals surface area contributed by atoms with Gasteiger partial charge in [-0.05, 0) is 60.1 Å². The van der Waals surface area contributed by atoms with Crippen LogP contribution in [0.2, 0.25) is 0 Å². The molecular formula is C24H27N3O2. The van der Waals surface area contributed by atoms with Crippen molar-refractivity contribution in [2.75, 3.05) is 25.0 Å². The molecule has 0 atom stereocenters. The average molecular weight is 393 g/mol. The summed E-state index contributed by atoms with van der Waals surface area (Å²) in [6, 6.07) is 5.69. The van der Waals surface area contributed by atoms with Gasteiger partial charge in [-0.25, -0.2) is 0 Å². The zero-order chi connectivity index (χ0) is 22.7. The van der Waals surface area contributed by atoms with Crippen LogP contribution in [0.3, 0.4) is 0 Å². The van der Waals surface area contributed by atoms with Gasteiger partial charge in [-0.1, -0.05) is 13.0 Å². The lowest BCUT2D eigenvalue weighted by molar-refractivity contribution is -0.143. The third-order valence-corrected chi connectivity index (χ3v) is 6.81. The molecule has 3 heterocycles. The quantitative estimate of drug-likeness (QED) is 0.787. The number of pyridine rings is 1. The third kappa shape index (κ3) is 2.95. The van der Waals surface area contributed by atoms with Crippen molar-refractivity contribution in [2.24, 2.45) is 5.41 Å². The zero-order valence-corrected chi connectivity index (χ0v) is 16.7. The molecule has 150 valence electrons. The summed E-state index contributed by atoms with van der Waals surface area (Å²) in [5.74, 6) is -0.127. The second-order valence-electron chi connectivity index (χ2n) is 8.68. The van der Waals surface area contributed by atoms with Gasteiger partial charge in [0.15, 0.2) is 0 Å². The molecule has 0 N–H and O–H groups in total. The van der Waals surface area contributed by atoms with E-state index in [1.807, 2.05) is 36.4 Å². The SMILES string of the molecule is [2H]C([2H])([2H])N1C(=O)CCc2cc(-c3cncc4c3CCC3(C4)CN(C(=O)CC)C3)ccc21. The molecule has 1 aromatic carbocycles. The van der Waals surface area contributed by atoms with E-state index >= 15 is 0 Å². The summed E-state index contributed by atoms with van der Waals surface area (Å²) in [5.41, 5.74) is 6.18. The lowest BCUT2D eigenvalue weighted by Crippen LogP contribution is -2.60. The van der Waals surface area contributed by atoms with Gasteiger partial charge in [0, 0.05) is 66.1 Å². The Balaban J connectivity index is 1.44. The number of aromatic nitrogens is 1. The molecule has 2 aromatic rings. The van der Waals surface area contributed by atoms with Gasteiger partial charge in [0.25, 0.3) is 0 Å². The van der Waals surface area contributed by atoms with E-state index in [1.54, 1.807) is 6.07 Å². The average Bonchev–Trinajstić information content (AvgIpc) is 2.74. The van der Waals surface area contributed by atoms with Crippen LogP contribution < -0.4 is 4.90 Å². The number of rotatable bonds is 2. The van der Waals surface area contributed by atoms with Crippen LogP contribution in [-0.2, 0) is 28.9 Å². The lowest BCUT2D eigenvalue weighted by atomic mass is 9.66. The van der Waals surface area contributed by atoms with Crippen LogP contribution in [-0.4, -0.2) is 41.8 Å². The zero-order valence-electron chi connectivity index (χ0n) is 19.7. The van der Waals surface area contributed by atoms with Crippen LogP contribution in [0.4, 0.5) is 5.69 Å². The molecule has 3 aliphatic rings. The number of carbonyl (C=O) groups excluding carboxylic acids is 2. The van der Waals surface area contributed by atoms with E-state index in [-0.39, 0.29) is 23.7 Å². The fourth-order valence-electron chi connectivity index (χ4n) is 5.20. The normalized spacial score (nSPS) is 21.6. The van der Waals surface area contributed by atoms with Crippen LogP contribution in [0.1, 0.15) is 47.0 Å². The smallest absolute Gasteiger partial charge is 0.227 e. The molecule has 0 radical (unpaired) electrons. The van der Waals surface area contributed by atoms with E-state index in [0.29, 0.717) is 18.5 Å². The van der Waals surface area contributed by atoms with Crippen LogP contribution in [0.25, 0.3) is 11.1 Å². The Morgan fingerprint density at radius 2 is 2.07 bits per heavy atom. The molecular weight excluding hydrogens is 362 g/mol. The lowest BCUT2D eigenvalue weighted by Gasteiger charge is -2.52. The maximum atomic E-state index is 12.3. The first-order chi connectivity index (χ1) is 15.2. The summed E-state index contributed by atoms with van der Waals surface area (Å²) in [7, 11) is 0. The summed E-state index contributed by atoms with van der Waals surface area (Å²) in [6.45, 7) is 1.10. The van der Waals surface area contributed by atoms with Crippen LogP contribution in [0.5, 0.6) is 0 Å². The molecule has 0 saturated carbocycles. The molecule has 0 bridgehead atoms. The molecule has 1 aromatic heterocycles. The molecule has 1 fully saturated rings. The molecule has 1 spiro atoms. The minimum Gasteiger partial charge on any atom is -0.341 e. The highest BCUT2D eigenvalue weighted by atomic mass is 16.2. The highest BCUT2D eigenvalue weighted by Gasteiger charge is 2.46. The van der Waals surface area contributed by atoms with Gasteiger partial charge in [-0.2, -0.15) is 0 Å². The van der Waals surface area contributed by atoms with Crippen molar-refractivity contribution in [2.45, 2.75) is 45.4 Å². The molecule has 1 saturated heterocycles. The van der Waals surface area contributed by atoms with E-state index in [1.165, 1.54) is 11.1 Å². The monoisotopic (exact) mass is 392 g/mol. The van der Waals surface area contributed by atoms with Gasteiger partial charge in [-0.3, -0.25) is 14.6 Å². The van der Waals surface area contributed by atoms with Gasteiger partial charge in [0.2, 0.25) is 11.8 Å². The molecule has 1 aliphatic carbocycles. The van der Waals surface area contributed by atoms with Crippen molar-refractivity contribution in [1.82, 2.24) is 9.88 Å². The number of nitrogens with zero attached hydrogens (tertiary/aromatic N) is 3. The Morgan fingerprint density at radius 1 is 1.21 bits per heavy atom. The standard InChI is InChI=1S/C24H27N3O2/c1-3-22(28)27-14-24(15-27)9-8-19-18(11-24)12-25-13-20(19)16-4-6-21-17(10-16)5-7-23(29)26(21)2/h4,6,10,12-13H,3,5,7-9,11,14-15H2,1-2H3/i2D3. The second-order valence-corrected chi connectivity index (χ2v) is 8.68. The fraction of sp³-hybridized carbons (Fsp3) is 0.458. The molecule has 2 amide bonds. The third-order valence-electron chi connectivity index (χ3n) is 6.81. The first kappa shape index (κ1) is 15.2. The van der Waals surface area contributed by atoms with Crippen molar-refractivity contribution < 1.29 is 13.7 Å². The molecule has 5 heteroatoms. The van der Waals surface area contributed by atoms with Gasteiger partial charge < -0.3 is 9.80 Å². The van der Waals surface area contributed by atoms with E-state index in [2.05, 4.69) is 4.98 Å². The minimum absolute atomic E-state index is 0.175. The number of fused-ring (bicyclic) bond motifs is 2. The highest BCUT2D eigenvalue weighted by Crippen LogP contribution is 2.45. The van der Waals surface area contributed by atoms with Crippen LogP contribution in [0.15, 0.2) is 30.6 Å². The van der Waals surface area contributed by atoms with Crippen LogP contribution >= 0.6 is 0 Å². The summed E-state index contributed by atoms with van der Waals surface area (Å²) >= 11 is 0. The van der Waals surface area contributed by atoms with E-state index in [4.69, 9.17) is 4.11 Å². The highest BCUT2D eigenvalue weighted by molar-refractivity contribution is 5.96. The summed E-state index contributed by atoms with van der Waals surface area (Å²) in [5, 5.41) is 0. The van der Waals surface area contributed by atoms with E-state index < -0.39 is 6.98 Å². The number of benzene rings is 1. The largest absolute Gasteiger partial charge is 0.341 e. The Bertz CT molecular complexity index is 1110. The molecule has 29 heavy (non-hydrogen) atoms. The summed E-state index contributed by atoms with van der Waals surface area (Å²) in [4.78, 5) is 31.7. The number of carbonyl (C=O) groups is 2. The van der Waals surface area contributed by atoms with Gasteiger partial charge in [0.05, 0.1) is 0 Å². The Kier molecular flexibility index (Phi) is 3.50. The number of hydrogen-bond donors (Lipinski definition) is 0. The minimum atomic E-state index is -2.48. The molecule has 0 unspecified atom stereocenters. The van der Waals surface area contributed by atoms with Crippen molar-refractivity contribution in [3.63, 3.8) is 0 Å². The summed E-state index contributed by atoms with van der Waals surface area (Å²) in [6.07, 6.45) is 8.08. The maximum absolute atomic E-state index is 12.3. The van der Waals surface area contributed by atoms with Crippen LogP contribution in [0, 0.1) is 5.41 Å². The van der Waals surface area contributed by atoms with Crippen molar-refractivity contribution in [1.29, 1.82) is 0 Å². The fourth-order valence-corrected chi connectivity index (χ4v) is 5.20. The maximum Gasteiger partial charge on any atom is 0.227 e. The molecule has 2 aliphatic heterocycles. The van der Waals surface area contributed by atoms with Crippen molar-refractivity contribution >= 4 is 17.5 Å². The first-order valence-electron chi connectivity index (χ1n) is 11.9. The topological polar surface area (TPSA) is 53.5 Å². The number of amides is 2. The van der Waals surface area contributed by atoms with E-state index in [0.717, 1.165) is 53.9 Å². The molecule has 5 rings (SSSR count). The Labute approximate surface area is 175 Å².